The summed E-state index contributed by atoms with van der Waals surface area (Å²) < 4.78 is 18.2. The summed E-state index contributed by atoms with van der Waals surface area (Å²) in [6, 6.07) is 11.9. The Morgan fingerprint density at radius 3 is 2.83 bits per heavy atom. The van der Waals surface area contributed by atoms with E-state index in [0.29, 0.717) is 18.7 Å². The molecule has 0 spiro atoms. The van der Waals surface area contributed by atoms with Crippen molar-refractivity contribution >= 4 is 23.2 Å². The number of anilines is 1. The number of amides is 1. The molecular weight excluding hydrogens is 319 g/mol. The van der Waals surface area contributed by atoms with Gasteiger partial charge in [-0.25, -0.2) is 4.39 Å². The molecule has 2 rings (SSSR count). The third-order valence-corrected chi connectivity index (χ3v) is 3.53. The SMILES string of the molecule is COc1cccc(CCNC(=O)CNc2ccc(F)c(Cl)c2)c1. The summed E-state index contributed by atoms with van der Waals surface area (Å²) in [6.07, 6.45) is 0.714. The second-order valence-corrected chi connectivity index (χ2v) is 5.34. The Labute approximate surface area is 139 Å². The number of methoxy groups -OCH3 is 1. The van der Waals surface area contributed by atoms with Crippen molar-refractivity contribution in [3.63, 3.8) is 0 Å². The fourth-order valence-corrected chi connectivity index (χ4v) is 2.21. The van der Waals surface area contributed by atoms with E-state index in [4.69, 9.17) is 16.3 Å². The predicted octanol–water partition coefficient (Wildman–Crippen LogP) is 3.26. The van der Waals surface area contributed by atoms with Gasteiger partial charge in [0.2, 0.25) is 5.91 Å². The van der Waals surface area contributed by atoms with Crippen molar-refractivity contribution in [1.29, 1.82) is 0 Å². The molecule has 0 aliphatic carbocycles. The molecule has 2 N–H and O–H groups in total. The van der Waals surface area contributed by atoms with Crippen LogP contribution in [0.2, 0.25) is 5.02 Å². The number of ether oxygens (including phenoxy) is 1. The zero-order valence-corrected chi connectivity index (χ0v) is 13.5. The van der Waals surface area contributed by atoms with Crippen LogP contribution in [0, 0.1) is 5.82 Å². The Morgan fingerprint density at radius 1 is 1.26 bits per heavy atom. The lowest BCUT2D eigenvalue weighted by Crippen LogP contribution is -2.31. The van der Waals surface area contributed by atoms with Gasteiger partial charge in [0.15, 0.2) is 0 Å². The molecule has 0 unspecified atom stereocenters. The molecule has 0 saturated carbocycles. The fourth-order valence-electron chi connectivity index (χ4n) is 2.03. The monoisotopic (exact) mass is 336 g/mol. The molecule has 0 aliphatic rings. The smallest absolute Gasteiger partial charge is 0.239 e. The van der Waals surface area contributed by atoms with Crippen LogP contribution in [0.1, 0.15) is 5.56 Å². The summed E-state index contributed by atoms with van der Waals surface area (Å²) in [5, 5.41) is 5.73. The average molecular weight is 337 g/mol. The van der Waals surface area contributed by atoms with Gasteiger partial charge in [0.1, 0.15) is 11.6 Å². The van der Waals surface area contributed by atoms with Gasteiger partial charge >= 0.3 is 0 Å². The van der Waals surface area contributed by atoms with E-state index in [0.717, 1.165) is 11.3 Å². The first-order valence-corrected chi connectivity index (χ1v) is 7.55. The predicted molar refractivity (Wildman–Crippen MR) is 89.6 cm³/mol. The molecule has 2 aromatic carbocycles. The number of nitrogens with one attached hydrogen (secondary N) is 2. The Kier molecular flexibility index (Phi) is 6.23. The van der Waals surface area contributed by atoms with Crippen molar-refractivity contribution in [3.05, 3.63) is 58.9 Å². The van der Waals surface area contributed by atoms with Gasteiger partial charge in [-0.15, -0.1) is 0 Å². The number of benzene rings is 2. The molecule has 4 nitrogen and oxygen atoms in total. The highest BCUT2D eigenvalue weighted by atomic mass is 35.5. The first kappa shape index (κ1) is 17.1. The summed E-state index contributed by atoms with van der Waals surface area (Å²) >= 11 is 5.68. The van der Waals surface area contributed by atoms with Crippen LogP contribution < -0.4 is 15.4 Å². The van der Waals surface area contributed by atoms with Gasteiger partial charge in [-0.3, -0.25) is 4.79 Å². The van der Waals surface area contributed by atoms with Gasteiger partial charge in [0.05, 0.1) is 18.7 Å². The van der Waals surface area contributed by atoms with Crippen LogP contribution in [-0.2, 0) is 11.2 Å². The van der Waals surface area contributed by atoms with Crippen LogP contribution in [0.5, 0.6) is 5.75 Å². The minimum absolute atomic E-state index is 0.0217. The molecule has 1 amide bonds. The number of carbonyl (C=O) groups is 1. The van der Waals surface area contributed by atoms with E-state index in [2.05, 4.69) is 10.6 Å². The molecule has 0 heterocycles. The van der Waals surface area contributed by atoms with Crippen molar-refractivity contribution in [2.45, 2.75) is 6.42 Å². The Hall–Kier alpha value is -2.27. The molecule has 0 aromatic heterocycles. The summed E-state index contributed by atoms with van der Waals surface area (Å²) in [4.78, 5) is 11.8. The summed E-state index contributed by atoms with van der Waals surface area (Å²) in [5.74, 6) is 0.164. The first-order chi connectivity index (χ1) is 11.1. The molecule has 0 fully saturated rings. The normalized spacial score (nSPS) is 10.2. The molecule has 0 bridgehead atoms. The van der Waals surface area contributed by atoms with E-state index in [1.54, 1.807) is 7.11 Å². The number of hydrogen-bond acceptors (Lipinski definition) is 3. The molecule has 0 radical (unpaired) electrons. The highest BCUT2D eigenvalue weighted by Crippen LogP contribution is 2.19. The second-order valence-electron chi connectivity index (χ2n) is 4.93. The molecular formula is C17H18ClFN2O2. The highest BCUT2D eigenvalue weighted by Gasteiger charge is 2.04. The Bertz CT molecular complexity index is 679. The van der Waals surface area contributed by atoms with Crippen molar-refractivity contribution in [2.75, 3.05) is 25.5 Å². The van der Waals surface area contributed by atoms with Gasteiger partial charge in [-0.2, -0.15) is 0 Å². The zero-order valence-electron chi connectivity index (χ0n) is 12.7. The highest BCUT2D eigenvalue weighted by molar-refractivity contribution is 6.31. The largest absolute Gasteiger partial charge is 0.497 e. The van der Waals surface area contributed by atoms with Gasteiger partial charge in [0.25, 0.3) is 0 Å². The molecule has 0 atom stereocenters. The van der Waals surface area contributed by atoms with Gasteiger partial charge < -0.3 is 15.4 Å². The van der Waals surface area contributed by atoms with Gasteiger partial charge in [-0.1, -0.05) is 23.7 Å². The molecule has 2 aromatic rings. The van der Waals surface area contributed by atoms with Crippen LogP contribution in [0.25, 0.3) is 0 Å². The van der Waals surface area contributed by atoms with E-state index in [1.807, 2.05) is 24.3 Å². The Morgan fingerprint density at radius 2 is 2.09 bits per heavy atom. The maximum atomic E-state index is 13.0. The van der Waals surface area contributed by atoms with E-state index < -0.39 is 5.82 Å². The third kappa shape index (κ3) is 5.45. The molecule has 0 saturated heterocycles. The van der Waals surface area contributed by atoms with Crippen molar-refractivity contribution in [1.82, 2.24) is 5.32 Å². The minimum atomic E-state index is -0.486. The minimum Gasteiger partial charge on any atom is -0.497 e. The number of carbonyl (C=O) groups excluding carboxylic acids is 1. The van der Waals surface area contributed by atoms with Crippen LogP contribution in [-0.4, -0.2) is 26.1 Å². The lowest BCUT2D eigenvalue weighted by molar-refractivity contribution is -0.119. The fraction of sp³-hybridized carbons (Fsp3) is 0.235. The number of hydrogen-bond donors (Lipinski definition) is 2. The van der Waals surface area contributed by atoms with E-state index in [9.17, 15) is 9.18 Å². The molecule has 0 aliphatic heterocycles. The Balaban J connectivity index is 1.73. The van der Waals surface area contributed by atoms with Crippen LogP contribution >= 0.6 is 11.6 Å². The first-order valence-electron chi connectivity index (χ1n) is 7.17. The van der Waals surface area contributed by atoms with Crippen LogP contribution in [0.3, 0.4) is 0 Å². The third-order valence-electron chi connectivity index (χ3n) is 3.24. The van der Waals surface area contributed by atoms with Crippen LogP contribution in [0.15, 0.2) is 42.5 Å². The van der Waals surface area contributed by atoms with Crippen molar-refractivity contribution < 1.29 is 13.9 Å². The zero-order chi connectivity index (χ0) is 16.7. The standard InChI is InChI=1S/C17H18ClFN2O2/c1-23-14-4-2-3-12(9-14)7-8-20-17(22)11-21-13-5-6-16(19)15(18)10-13/h2-6,9-10,21H,7-8,11H2,1H3,(H,20,22). The van der Waals surface area contributed by atoms with Gasteiger partial charge in [-0.05, 0) is 42.3 Å². The van der Waals surface area contributed by atoms with E-state index >= 15 is 0 Å². The summed E-state index contributed by atoms with van der Waals surface area (Å²) in [5.41, 5.74) is 1.68. The molecule has 23 heavy (non-hydrogen) atoms. The van der Waals surface area contributed by atoms with E-state index in [1.165, 1.54) is 18.2 Å². The lowest BCUT2D eigenvalue weighted by Gasteiger charge is -2.09. The van der Waals surface area contributed by atoms with Gasteiger partial charge in [0, 0.05) is 12.2 Å². The summed E-state index contributed by atoms with van der Waals surface area (Å²) in [7, 11) is 1.62. The molecule has 122 valence electrons. The molecule has 6 heteroatoms. The van der Waals surface area contributed by atoms with Crippen LogP contribution in [0.4, 0.5) is 10.1 Å². The van der Waals surface area contributed by atoms with E-state index in [-0.39, 0.29) is 17.5 Å². The average Bonchev–Trinajstić information content (AvgIpc) is 2.56. The number of rotatable bonds is 7. The second kappa shape index (κ2) is 8.39. The maximum Gasteiger partial charge on any atom is 0.239 e. The maximum absolute atomic E-state index is 13.0. The summed E-state index contributed by atoms with van der Waals surface area (Å²) in [6.45, 7) is 0.623. The quantitative estimate of drug-likeness (QED) is 0.816. The number of halogens is 2. The van der Waals surface area contributed by atoms with Crippen molar-refractivity contribution in [3.8, 4) is 5.75 Å². The lowest BCUT2D eigenvalue weighted by atomic mass is 10.1. The van der Waals surface area contributed by atoms with Crippen molar-refractivity contribution in [2.24, 2.45) is 0 Å². The topological polar surface area (TPSA) is 50.4 Å².